The Bertz CT molecular complexity index is 751. The fraction of sp³-hybridized carbons (Fsp3) is 0.353. The van der Waals surface area contributed by atoms with Crippen molar-refractivity contribution in [1.29, 1.82) is 0 Å². The molecule has 1 aromatic carbocycles. The topological polar surface area (TPSA) is 75.4 Å². The summed E-state index contributed by atoms with van der Waals surface area (Å²) in [7, 11) is 0. The third-order valence-corrected chi connectivity index (χ3v) is 3.94. The second-order valence-electron chi connectivity index (χ2n) is 5.78. The zero-order valence-electron chi connectivity index (χ0n) is 13.3. The molecule has 0 atom stereocenters. The van der Waals surface area contributed by atoms with Crippen molar-refractivity contribution in [3.05, 3.63) is 41.3 Å². The van der Waals surface area contributed by atoms with Crippen LogP contribution in [0, 0.1) is 13.8 Å². The summed E-state index contributed by atoms with van der Waals surface area (Å²) in [6.45, 7) is 4.42. The summed E-state index contributed by atoms with van der Waals surface area (Å²) >= 11 is 0. The molecular weight excluding hydrogens is 294 g/mol. The van der Waals surface area contributed by atoms with Gasteiger partial charge in [0.2, 0.25) is 5.91 Å². The number of benzene rings is 1. The molecule has 0 unspecified atom stereocenters. The molecule has 2 aromatic rings. The molecule has 3 rings (SSSR count). The van der Waals surface area contributed by atoms with Crippen LogP contribution in [0.1, 0.15) is 41.1 Å². The normalized spacial score (nSPS) is 14.9. The Labute approximate surface area is 134 Å². The van der Waals surface area contributed by atoms with Crippen LogP contribution in [0.2, 0.25) is 0 Å². The first-order valence-corrected chi connectivity index (χ1v) is 7.70. The van der Waals surface area contributed by atoms with Gasteiger partial charge < -0.3 is 14.7 Å². The molecule has 120 valence electrons. The summed E-state index contributed by atoms with van der Waals surface area (Å²) in [5.41, 5.74) is 2.73. The fourth-order valence-corrected chi connectivity index (χ4v) is 2.71. The summed E-state index contributed by atoms with van der Waals surface area (Å²) < 4.78 is 4.91. The van der Waals surface area contributed by atoms with E-state index in [2.05, 4.69) is 10.5 Å². The molecule has 6 nitrogen and oxygen atoms in total. The molecule has 0 aliphatic carbocycles. The van der Waals surface area contributed by atoms with E-state index in [9.17, 15) is 9.59 Å². The molecule has 2 amide bonds. The van der Waals surface area contributed by atoms with Gasteiger partial charge in [-0.2, -0.15) is 0 Å². The average Bonchev–Trinajstić information content (AvgIpc) is 2.97. The number of anilines is 2. The molecule has 0 bridgehead atoms. The van der Waals surface area contributed by atoms with E-state index in [0.717, 1.165) is 30.6 Å². The first-order chi connectivity index (χ1) is 11.0. The number of rotatable bonds is 3. The van der Waals surface area contributed by atoms with Crippen LogP contribution in [-0.2, 0) is 4.79 Å². The Morgan fingerprint density at radius 2 is 2.09 bits per heavy atom. The summed E-state index contributed by atoms with van der Waals surface area (Å²) in [5.74, 6) is 0.384. The van der Waals surface area contributed by atoms with Gasteiger partial charge in [-0.15, -0.1) is 0 Å². The number of nitrogens with one attached hydrogen (secondary N) is 1. The van der Waals surface area contributed by atoms with Gasteiger partial charge in [0.1, 0.15) is 5.76 Å². The fourth-order valence-electron chi connectivity index (χ4n) is 2.71. The summed E-state index contributed by atoms with van der Waals surface area (Å²) in [6, 6.07) is 7.14. The van der Waals surface area contributed by atoms with Gasteiger partial charge in [-0.05, 0) is 44.4 Å². The maximum atomic E-state index is 12.2. The highest BCUT2D eigenvalue weighted by atomic mass is 16.5. The quantitative estimate of drug-likeness (QED) is 0.945. The SMILES string of the molecule is Cc1cc(C(=O)Nc2ccc(C)c(N3CCCCC3=O)c2)no1. The molecule has 0 saturated carbocycles. The molecule has 1 saturated heterocycles. The molecular formula is C17H19N3O3. The van der Waals surface area contributed by atoms with Crippen molar-refractivity contribution in [2.24, 2.45) is 0 Å². The lowest BCUT2D eigenvalue weighted by Crippen LogP contribution is -2.35. The largest absolute Gasteiger partial charge is 0.361 e. The standard InChI is InChI=1S/C17H19N3O3/c1-11-6-7-13(18-17(22)14-9-12(2)23-19-14)10-15(11)20-8-4-3-5-16(20)21/h6-7,9-10H,3-5,8H2,1-2H3,(H,18,22). The first-order valence-electron chi connectivity index (χ1n) is 7.70. The van der Waals surface area contributed by atoms with Gasteiger partial charge in [-0.1, -0.05) is 11.2 Å². The number of aryl methyl sites for hydroxylation is 2. The Morgan fingerprint density at radius 3 is 2.78 bits per heavy atom. The van der Waals surface area contributed by atoms with Crippen LogP contribution in [0.25, 0.3) is 0 Å². The average molecular weight is 313 g/mol. The van der Waals surface area contributed by atoms with Crippen LogP contribution in [0.4, 0.5) is 11.4 Å². The Kier molecular flexibility index (Phi) is 4.14. The van der Waals surface area contributed by atoms with Crippen molar-refractivity contribution in [3.8, 4) is 0 Å². The van der Waals surface area contributed by atoms with Crippen molar-refractivity contribution in [3.63, 3.8) is 0 Å². The van der Waals surface area contributed by atoms with E-state index in [1.54, 1.807) is 17.9 Å². The van der Waals surface area contributed by atoms with Crippen LogP contribution < -0.4 is 10.2 Å². The Hall–Kier alpha value is -2.63. The maximum Gasteiger partial charge on any atom is 0.277 e. The van der Waals surface area contributed by atoms with Crippen molar-refractivity contribution >= 4 is 23.2 Å². The minimum atomic E-state index is -0.332. The van der Waals surface area contributed by atoms with Crippen molar-refractivity contribution in [1.82, 2.24) is 5.16 Å². The number of hydrogen-bond donors (Lipinski definition) is 1. The van der Waals surface area contributed by atoms with Crippen LogP contribution in [0.15, 0.2) is 28.8 Å². The lowest BCUT2D eigenvalue weighted by atomic mass is 10.1. The summed E-state index contributed by atoms with van der Waals surface area (Å²) in [4.78, 5) is 26.1. The van der Waals surface area contributed by atoms with Gasteiger partial charge in [0, 0.05) is 30.4 Å². The van der Waals surface area contributed by atoms with Crippen LogP contribution in [-0.4, -0.2) is 23.5 Å². The Balaban J connectivity index is 1.82. The molecule has 0 spiro atoms. The zero-order valence-corrected chi connectivity index (χ0v) is 13.3. The molecule has 1 aliphatic heterocycles. The maximum absolute atomic E-state index is 12.2. The lowest BCUT2D eigenvalue weighted by molar-refractivity contribution is -0.119. The van der Waals surface area contributed by atoms with Crippen molar-refractivity contribution < 1.29 is 14.1 Å². The van der Waals surface area contributed by atoms with E-state index in [4.69, 9.17) is 4.52 Å². The molecule has 0 radical (unpaired) electrons. The van der Waals surface area contributed by atoms with Crippen molar-refractivity contribution in [2.75, 3.05) is 16.8 Å². The highest BCUT2D eigenvalue weighted by Crippen LogP contribution is 2.28. The van der Waals surface area contributed by atoms with E-state index in [1.165, 1.54) is 0 Å². The minimum absolute atomic E-state index is 0.134. The van der Waals surface area contributed by atoms with Gasteiger partial charge >= 0.3 is 0 Å². The smallest absolute Gasteiger partial charge is 0.277 e. The van der Waals surface area contributed by atoms with Gasteiger partial charge in [0.25, 0.3) is 5.91 Å². The number of carbonyl (C=O) groups excluding carboxylic acids is 2. The zero-order chi connectivity index (χ0) is 16.4. The van der Waals surface area contributed by atoms with E-state index in [0.29, 0.717) is 17.9 Å². The van der Waals surface area contributed by atoms with Crippen LogP contribution in [0.3, 0.4) is 0 Å². The summed E-state index contributed by atoms with van der Waals surface area (Å²) in [6.07, 6.45) is 2.52. The highest BCUT2D eigenvalue weighted by Gasteiger charge is 2.21. The molecule has 23 heavy (non-hydrogen) atoms. The van der Waals surface area contributed by atoms with E-state index >= 15 is 0 Å². The van der Waals surface area contributed by atoms with E-state index < -0.39 is 0 Å². The van der Waals surface area contributed by atoms with Gasteiger partial charge in [-0.25, -0.2) is 0 Å². The molecule has 1 fully saturated rings. The third-order valence-electron chi connectivity index (χ3n) is 3.94. The number of hydrogen-bond acceptors (Lipinski definition) is 4. The number of carbonyl (C=O) groups is 2. The number of piperidine rings is 1. The molecule has 1 N–H and O–H groups in total. The van der Waals surface area contributed by atoms with E-state index in [1.807, 2.05) is 25.1 Å². The van der Waals surface area contributed by atoms with Crippen LogP contribution >= 0.6 is 0 Å². The minimum Gasteiger partial charge on any atom is -0.361 e. The molecule has 1 aliphatic rings. The third kappa shape index (κ3) is 3.26. The number of nitrogens with zero attached hydrogens (tertiary/aromatic N) is 2. The number of amides is 2. The van der Waals surface area contributed by atoms with Crippen LogP contribution in [0.5, 0.6) is 0 Å². The molecule has 2 heterocycles. The van der Waals surface area contributed by atoms with E-state index in [-0.39, 0.29) is 17.5 Å². The second kappa shape index (κ2) is 6.24. The van der Waals surface area contributed by atoms with Gasteiger partial charge in [0.05, 0.1) is 0 Å². The Morgan fingerprint density at radius 1 is 1.26 bits per heavy atom. The number of aromatic nitrogens is 1. The van der Waals surface area contributed by atoms with Gasteiger partial charge in [-0.3, -0.25) is 9.59 Å². The van der Waals surface area contributed by atoms with Crippen molar-refractivity contribution in [2.45, 2.75) is 33.1 Å². The monoisotopic (exact) mass is 313 g/mol. The predicted molar refractivity (Wildman–Crippen MR) is 86.6 cm³/mol. The second-order valence-corrected chi connectivity index (χ2v) is 5.78. The highest BCUT2D eigenvalue weighted by molar-refractivity contribution is 6.03. The first kappa shape index (κ1) is 15.3. The summed E-state index contributed by atoms with van der Waals surface area (Å²) in [5, 5.41) is 6.50. The van der Waals surface area contributed by atoms with Gasteiger partial charge in [0.15, 0.2) is 5.69 Å². The lowest BCUT2D eigenvalue weighted by Gasteiger charge is -2.28. The molecule has 6 heteroatoms. The predicted octanol–water partition coefficient (Wildman–Crippen LogP) is 3.06. The molecule has 1 aromatic heterocycles.